The molecule has 5 unspecified atom stereocenters. The molecule has 0 aromatic heterocycles. The zero-order chi connectivity index (χ0) is 25.7. The van der Waals surface area contributed by atoms with Gasteiger partial charge in [-0.15, -0.1) is 0 Å². The van der Waals surface area contributed by atoms with Crippen LogP contribution in [0.15, 0.2) is 0 Å². The highest BCUT2D eigenvalue weighted by molar-refractivity contribution is 7.98. The molecule has 0 aliphatic heterocycles. The number of carboxylic acid groups (broad SMARTS) is 2. The first-order chi connectivity index (χ1) is 15.3. The van der Waals surface area contributed by atoms with Crippen molar-refractivity contribution < 1.29 is 44.1 Å². The first kappa shape index (κ1) is 30.1. The van der Waals surface area contributed by atoms with Gasteiger partial charge in [-0.05, 0) is 31.8 Å². The van der Waals surface area contributed by atoms with Crippen molar-refractivity contribution >= 4 is 47.3 Å². The van der Waals surface area contributed by atoms with E-state index in [1.807, 2.05) is 0 Å². The minimum atomic E-state index is -1.51. The van der Waals surface area contributed by atoms with Gasteiger partial charge in [-0.25, -0.2) is 4.79 Å². The highest BCUT2D eigenvalue weighted by atomic mass is 32.2. The second-order valence-electron chi connectivity index (χ2n) is 7.17. The lowest BCUT2D eigenvalue weighted by Gasteiger charge is -2.25. The molecule has 5 atom stereocenters. The molecule has 0 fully saturated rings. The largest absolute Gasteiger partial charge is 0.481 e. The summed E-state index contributed by atoms with van der Waals surface area (Å²) in [4.78, 5) is 70.8. The highest BCUT2D eigenvalue weighted by Crippen LogP contribution is 2.06. The number of primary amides is 1. The molecule has 188 valence electrons. The second-order valence-corrected chi connectivity index (χ2v) is 8.16. The Kier molecular flexibility index (Phi) is 13.7. The second kappa shape index (κ2) is 15.0. The summed E-state index contributed by atoms with van der Waals surface area (Å²) >= 11 is 1.34. The number of aliphatic carboxylic acids is 2. The molecule has 0 aliphatic rings. The maximum absolute atomic E-state index is 12.7. The number of nitrogens with two attached hydrogens (primary N) is 2. The Morgan fingerprint density at radius 3 is 1.85 bits per heavy atom. The van der Waals surface area contributed by atoms with Crippen LogP contribution in [0.1, 0.15) is 32.6 Å². The molecule has 0 bridgehead atoms. The number of carbonyl (C=O) groups excluding carboxylic acids is 4. The van der Waals surface area contributed by atoms with E-state index in [0.717, 1.165) is 0 Å². The van der Waals surface area contributed by atoms with E-state index in [4.69, 9.17) is 16.6 Å². The van der Waals surface area contributed by atoms with Gasteiger partial charge in [-0.3, -0.25) is 24.0 Å². The number of carbonyl (C=O) groups is 6. The number of hydrogen-bond donors (Lipinski definition) is 8. The predicted molar refractivity (Wildman–Crippen MR) is 117 cm³/mol. The number of amides is 4. The third-order valence-corrected chi connectivity index (χ3v) is 5.01. The molecule has 0 aliphatic carbocycles. The maximum atomic E-state index is 12.7. The summed E-state index contributed by atoms with van der Waals surface area (Å²) < 4.78 is 0. The van der Waals surface area contributed by atoms with Crippen molar-refractivity contribution in [3.05, 3.63) is 0 Å². The Balaban J connectivity index is 5.49. The molecule has 0 aromatic rings. The van der Waals surface area contributed by atoms with Crippen molar-refractivity contribution in [2.24, 2.45) is 11.5 Å². The fraction of sp³-hybridized carbons (Fsp3) is 0.667. The van der Waals surface area contributed by atoms with E-state index in [-0.39, 0.29) is 12.8 Å². The molecular formula is C18H31N5O9S. The minimum absolute atomic E-state index is 0.0639. The Morgan fingerprint density at radius 2 is 1.39 bits per heavy atom. The summed E-state index contributed by atoms with van der Waals surface area (Å²) in [5.41, 5.74) is 10.6. The average molecular weight is 494 g/mol. The van der Waals surface area contributed by atoms with Crippen LogP contribution in [0.2, 0.25) is 0 Å². The third kappa shape index (κ3) is 12.1. The summed E-state index contributed by atoms with van der Waals surface area (Å²) in [6, 6.07) is -5.66. The van der Waals surface area contributed by atoms with Crippen LogP contribution in [-0.2, 0) is 28.8 Å². The Bertz CT molecular complexity index is 734. The average Bonchev–Trinajstić information content (AvgIpc) is 2.71. The van der Waals surface area contributed by atoms with Gasteiger partial charge in [0.2, 0.25) is 23.6 Å². The SMILES string of the molecule is CSCCC(NC(=O)C(CC(N)=O)NC(=O)C(N)C(C)O)C(=O)NC(CCC(=O)O)C(=O)O. The number of carboxylic acids is 2. The van der Waals surface area contributed by atoms with Crippen LogP contribution in [0.3, 0.4) is 0 Å². The van der Waals surface area contributed by atoms with Gasteiger partial charge in [0.1, 0.15) is 24.2 Å². The van der Waals surface area contributed by atoms with Crippen molar-refractivity contribution in [3.63, 3.8) is 0 Å². The Morgan fingerprint density at radius 1 is 0.879 bits per heavy atom. The molecule has 15 heteroatoms. The lowest BCUT2D eigenvalue weighted by Crippen LogP contribution is -2.58. The van der Waals surface area contributed by atoms with E-state index in [1.54, 1.807) is 6.26 Å². The molecule has 14 nitrogen and oxygen atoms in total. The number of aliphatic hydroxyl groups excluding tert-OH is 1. The first-order valence-corrected chi connectivity index (χ1v) is 11.3. The van der Waals surface area contributed by atoms with Gasteiger partial charge < -0.3 is 42.7 Å². The summed E-state index contributed by atoms with van der Waals surface area (Å²) in [5, 5.41) is 34.1. The van der Waals surface area contributed by atoms with E-state index >= 15 is 0 Å². The molecule has 0 heterocycles. The number of rotatable bonds is 16. The first-order valence-electron chi connectivity index (χ1n) is 9.86. The fourth-order valence-electron chi connectivity index (χ4n) is 2.47. The summed E-state index contributed by atoms with van der Waals surface area (Å²) in [6.45, 7) is 1.25. The fourth-order valence-corrected chi connectivity index (χ4v) is 2.94. The normalized spacial score (nSPS) is 15.3. The van der Waals surface area contributed by atoms with Crippen molar-refractivity contribution in [2.75, 3.05) is 12.0 Å². The molecule has 0 saturated carbocycles. The molecule has 0 rings (SSSR count). The zero-order valence-corrected chi connectivity index (χ0v) is 19.1. The van der Waals surface area contributed by atoms with Gasteiger partial charge >= 0.3 is 11.9 Å². The van der Waals surface area contributed by atoms with Crippen LogP contribution < -0.4 is 27.4 Å². The molecule has 0 spiro atoms. The van der Waals surface area contributed by atoms with Crippen molar-refractivity contribution in [1.82, 2.24) is 16.0 Å². The van der Waals surface area contributed by atoms with Crippen LogP contribution in [0.25, 0.3) is 0 Å². The van der Waals surface area contributed by atoms with E-state index in [2.05, 4.69) is 16.0 Å². The zero-order valence-electron chi connectivity index (χ0n) is 18.3. The molecule has 0 radical (unpaired) electrons. The summed E-state index contributed by atoms with van der Waals surface area (Å²) in [7, 11) is 0. The molecule has 0 aromatic carbocycles. The predicted octanol–water partition coefficient (Wildman–Crippen LogP) is -3.27. The smallest absolute Gasteiger partial charge is 0.326 e. The van der Waals surface area contributed by atoms with Gasteiger partial charge in [0.05, 0.1) is 12.5 Å². The number of thioether (sulfide) groups is 1. The highest BCUT2D eigenvalue weighted by Gasteiger charge is 2.31. The number of hydrogen-bond acceptors (Lipinski definition) is 9. The molecule has 33 heavy (non-hydrogen) atoms. The van der Waals surface area contributed by atoms with Gasteiger partial charge in [-0.2, -0.15) is 11.8 Å². The standard InChI is InChI=1S/C18H31N5O9S/c1-8(24)14(20)17(30)23-11(7-12(19)25)16(29)21-9(5-6-33-2)15(28)22-10(18(31)32)3-4-13(26)27/h8-11,14,24H,3-7,20H2,1-2H3,(H2,19,25)(H,21,29)(H,22,28)(H,23,30)(H,26,27)(H,31,32). The number of nitrogens with one attached hydrogen (secondary N) is 3. The quantitative estimate of drug-likeness (QED) is 0.106. The van der Waals surface area contributed by atoms with Gasteiger partial charge in [0, 0.05) is 6.42 Å². The van der Waals surface area contributed by atoms with Crippen LogP contribution in [0.4, 0.5) is 0 Å². The van der Waals surface area contributed by atoms with Crippen molar-refractivity contribution in [2.45, 2.75) is 62.9 Å². The lowest BCUT2D eigenvalue weighted by molar-refractivity contribution is -0.143. The van der Waals surface area contributed by atoms with Gasteiger partial charge in [0.15, 0.2) is 0 Å². The van der Waals surface area contributed by atoms with Crippen LogP contribution >= 0.6 is 11.8 Å². The van der Waals surface area contributed by atoms with Crippen LogP contribution in [0.5, 0.6) is 0 Å². The minimum Gasteiger partial charge on any atom is -0.481 e. The molecular weight excluding hydrogens is 462 g/mol. The summed E-state index contributed by atoms with van der Waals surface area (Å²) in [6.07, 6.45) is -0.962. The van der Waals surface area contributed by atoms with Crippen LogP contribution in [-0.4, -0.2) is 93.2 Å². The number of aliphatic hydroxyl groups is 1. The van der Waals surface area contributed by atoms with Gasteiger partial charge in [0.25, 0.3) is 0 Å². The maximum Gasteiger partial charge on any atom is 0.326 e. The van der Waals surface area contributed by atoms with Crippen LogP contribution in [0, 0.1) is 0 Å². The van der Waals surface area contributed by atoms with E-state index < -0.39 is 78.7 Å². The van der Waals surface area contributed by atoms with Crippen molar-refractivity contribution in [1.29, 1.82) is 0 Å². The molecule has 4 amide bonds. The third-order valence-electron chi connectivity index (χ3n) is 4.37. The molecule has 10 N–H and O–H groups in total. The summed E-state index contributed by atoms with van der Waals surface area (Å²) in [5.74, 6) is -6.04. The van der Waals surface area contributed by atoms with E-state index in [1.165, 1.54) is 18.7 Å². The van der Waals surface area contributed by atoms with E-state index in [9.17, 15) is 39.0 Å². The Labute approximate surface area is 194 Å². The van der Waals surface area contributed by atoms with Gasteiger partial charge in [-0.1, -0.05) is 0 Å². The lowest BCUT2D eigenvalue weighted by atomic mass is 10.1. The Hall–Kier alpha value is -2.91. The topological polar surface area (TPSA) is 251 Å². The monoisotopic (exact) mass is 493 g/mol. The van der Waals surface area contributed by atoms with Crippen molar-refractivity contribution in [3.8, 4) is 0 Å². The molecule has 0 saturated heterocycles. The van der Waals surface area contributed by atoms with E-state index in [0.29, 0.717) is 5.75 Å².